The summed E-state index contributed by atoms with van der Waals surface area (Å²) in [6, 6.07) is 0.481. The number of rotatable bonds is 8. The quantitative estimate of drug-likeness (QED) is 0.427. The average molecular weight is 496 g/mol. The van der Waals surface area contributed by atoms with Crippen LogP contribution in [0.3, 0.4) is 0 Å². The lowest BCUT2D eigenvalue weighted by molar-refractivity contribution is 0.165. The Bertz CT molecular complexity index is 913. The molecule has 3 rings (SSSR count). The van der Waals surface area contributed by atoms with Crippen molar-refractivity contribution in [2.45, 2.75) is 75.7 Å². The van der Waals surface area contributed by atoms with Crippen molar-refractivity contribution in [3.63, 3.8) is 0 Å². The first-order valence-electron chi connectivity index (χ1n) is 10.9. The van der Waals surface area contributed by atoms with Crippen LogP contribution in [0.1, 0.15) is 52.0 Å². The Labute approximate surface area is 191 Å². The highest BCUT2D eigenvalue weighted by Gasteiger charge is 2.48. The lowest BCUT2D eigenvalue weighted by Crippen LogP contribution is -2.54. The van der Waals surface area contributed by atoms with Gasteiger partial charge in [-0.2, -0.15) is 4.31 Å². The van der Waals surface area contributed by atoms with E-state index in [9.17, 15) is 26.1 Å². The summed E-state index contributed by atoms with van der Waals surface area (Å²) in [4.78, 5) is 0. The van der Waals surface area contributed by atoms with E-state index in [-0.39, 0.29) is 42.3 Å². The highest BCUT2D eigenvalue weighted by Crippen LogP contribution is 2.42. The van der Waals surface area contributed by atoms with Crippen molar-refractivity contribution >= 4 is 21.4 Å². The van der Waals surface area contributed by atoms with Gasteiger partial charge in [-0.25, -0.2) is 21.6 Å². The number of piperidine rings is 1. The Hall–Kier alpha value is -0.850. The highest BCUT2D eigenvalue weighted by atomic mass is 32.2. The van der Waals surface area contributed by atoms with E-state index in [1.807, 2.05) is 0 Å². The van der Waals surface area contributed by atoms with Crippen molar-refractivity contribution < 1.29 is 26.1 Å². The van der Waals surface area contributed by atoms with Gasteiger partial charge in [-0.05, 0) is 70.4 Å². The molecule has 2 heterocycles. The van der Waals surface area contributed by atoms with Gasteiger partial charge in [-0.15, -0.1) is 4.72 Å². The summed E-state index contributed by atoms with van der Waals surface area (Å²) >= 11 is -1.48. The van der Waals surface area contributed by atoms with Gasteiger partial charge in [0.05, 0.1) is 11.8 Å². The first-order valence-corrected chi connectivity index (χ1v) is 13.6. The van der Waals surface area contributed by atoms with Crippen LogP contribution in [0.2, 0.25) is 0 Å². The molecule has 182 valence electrons. The van der Waals surface area contributed by atoms with Gasteiger partial charge in [0.1, 0.15) is 10.6 Å². The zero-order chi connectivity index (χ0) is 23.8. The fraction of sp³-hybridized carbons (Fsp3) is 0.714. The molecule has 0 aliphatic carbocycles. The summed E-state index contributed by atoms with van der Waals surface area (Å²) in [6.07, 6.45) is 2.50. The molecule has 3 N–H and O–H groups in total. The van der Waals surface area contributed by atoms with Crippen molar-refractivity contribution in [2.75, 3.05) is 12.3 Å². The number of fused-ring (bicyclic) bond motifs is 2. The Kier molecular flexibility index (Phi) is 7.88. The number of hydrogen-bond acceptors (Lipinski definition) is 5. The number of nitrogens with one attached hydrogen (secondary N) is 1. The molecule has 0 spiro atoms. The molecule has 1 aromatic rings. The van der Waals surface area contributed by atoms with Crippen molar-refractivity contribution in [1.29, 1.82) is 0 Å². The Morgan fingerprint density at radius 2 is 1.72 bits per heavy atom. The zero-order valence-corrected chi connectivity index (χ0v) is 20.2. The fourth-order valence-electron chi connectivity index (χ4n) is 4.79. The van der Waals surface area contributed by atoms with Gasteiger partial charge in [0.25, 0.3) is 0 Å². The fourth-order valence-corrected chi connectivity index (χ4v) is 7.49. The maximum absolute atomic E-state index is 14.4. The molecular weight excluding hydrogens is 463 g/mol. The third kappa shape index (κ3) is 5.61. The van der Waals surface area contributed by atoms with Gasteiger partial charge in [0.2, 0.25) is 10.0 Å². The molecular formula is C21H32F3N3O3S2. The van der Waals surface area contributed by atoms with Crippen LogP contribution in [0.5, 0.6) is 0 Å². The van der Waals surface area contributed by atoms with Crippen molar-refractivity contribution in [1.82, 2.24) is 9.03 Å². The minimum Gasteiger partial charge on any atom is -0.598 e. The monoisotopic (exact) mass is 495 g/mol. The summed E-state index contributed by atoms with van der Waals surface area (Å²) in [6.45, 7) is 5.46. The van der Waals surface area contributed by atoms with Crippen LogP contribution in [0, 0.1) is 23.4 Å². The van der Waals surface area contributed by atoms with Gasteiger partial charge in [0, 0.05) is 36.1 Å². The van der Waals surface area contributed by atoms with Gasteiger partial charge >= 0.3 is 0 Å². The van der Waals surface area contributed by atoms with Crippen LogP contribution in [0.25, 0.3) is 0 Å². The molecule has 1 aromatic carbocycles. The van der Waals surface area contributed by atoms with Gasteiger partial charge in [-0.3, -0.25) is 0 Å². The molecule has 11 heteroatoms. The average Bonchev–Trinajstić information content (AvgIpc) is 2.96. The van der Waals surface area contributed by atoms with Crippen LogP contribution in [-0.2, 0) is 27.8 Å². The maximum atomic E-state index is 14.4. The van der Waals surface area contributed by atoms with E-state index in [1.165, 1.54) is 0 Å². The van der Waals surface area contributed by atoms with Crippen LogP contribution in [0.15, 0.2) is 12.1 Å². The lowest BCUT2D eigenvalue weighted by atomic mass is 9.83. The summed E-state index contributed by atoms with van der Waals surface area (Å²) < 4.78 is 83.9. The molecule has 2 bridgehead atoms. The van der Waals surface area contributed by atoms with E-state index < -0.39 is 49.6 Å². The number of benzene rings is 1. The Balaban J connectivity index is 1.86. The van der Waals surface area contributed by atoms with E-state index in [0.29, 0.717) is 18.9 Å². The Morgan fingerprint density at radius 3 is 2.25 bits per heavy atom. The topological polar surface area (TPSA) is 98.5 Å². The molecule has 2 fully saturated rings. The van der Waals surface area contributed by atoms with Crippen LogP contribution in [0.4, 0.5) is 13.2 Å². The third-order valence-corrected chi connectivity index (χ3v) is 9.93. The predicted octanol–water partition coefficient (Wildman–Crippen LogP) is 2.60. The van der Waals surface area contributed by atoms with Gasteiger partial charge in [-0.1, -0.05) is 0 Å². The second kappa shape index (κ2) is 9.79. The zero-order valence-electron chi connectivity index (χ0n) is 18.6. The molecule has 6 nitrogen and oxygen atoms in total. The second-order valence-corrected chi connectivity index (χ2v) is 13.7. The molecule has 2 aliphatic rings. The smallest absolute Gasteiger partial charge is 0.215 e. The molecule has 2 saturated heterocycles. The molecule has 2 aliphatic heterocycles. The molecule has 0 saturated carbocycles. The highest BCUT2D eigenvalue weighted by molar-refractivity contribution is 7.90. The first kappa shape index (κ1) is 25.8. The molecule has 4 atom stereocenters. The third-order valence-electron chi connectivity index (χ3n) is 6.31. The molecule has 0 amide bonds. The number of halogens is 3. The minimum absolute atomic E-state index is 0.00200. The van der Waals surface area contributed by atoms with Crippen molar-refractivity contribution in [3.8, 4) is 0 Å². The maximum Gasteiger partial charge on any atom is 0.215 e. The minimum atomic E-state index is -3.46. The molecule has 32 heavy (non-hydrogen) atoms. The summed E-state index contributed by atoms with van der Waals surface area (Å²) in [5, 5.41) is 0. The lowest BCUT2D eigenvalue weighted by Gasteiger charge is -2.41. The first-order chi connectivity index (χ1) is 14.8. The molecule has 0 aromatic heterocycles. The Morgan fingerprint density at radius 1 is 1.16 bits per heavy atom. The number of nitrogens with zero attached hydrogens (tertiary/aromatic N) is 1. The van der Waals surface area contributed by atoms with Crippen LogP contribution < -0.4 is 10.5 Å². The predicted molar refractivity (Wildman–Crippen MR) is 119 cm³/mol. The van der Waals surface area contributed by atoms with Crippen LogP contribution >= 0.6 is 0 Å². The number of hydrogen-bond donors (Lipinski definition) is 2. The van der Waals surface area contributed by atoms with Gasteiger partial charge in [0.15, 0.2) is 11.6 Å². The molecule has 0 radical (unpaired) electrons. The standard InChI is InChI=1S/C21H32F3N3O3S2/c1-21(2,3)31(28)26-20(11-13-10-18(23)19(24)12-17(13)22)14-8-15-4-5-16(9-14)27(15)32(29,30)7-6-25/h10,12,14-16,20,26H,4-9,11,25H2,1-3H3/t14?,15?,16?,20-,31-/m0/s1. The largest absolute Gasteiger partial charge is 0.598 e. The van der Waals surface area contributed by atoms with E-state index in [0.717, 1.165) is 18.9 Å². The summed E-state index contributed by atoms with van der Waals surface area (Å²) in [7, 11) is -3.46. The van der Waals surface area contributed by atoms with E-state index in [2.05, 4.69) is 4.72 Å². The number of nitrogens with two attached hydrogens (primary N) is 1. The van der Waals surface area contributed by atoms with Gasteiger partial charge < -0.3 is 10.3 Å². The van der Waals surface area contributed by atoms with E-state index in [1.54, 1.807) is 25.1 Å². The van der Waals surface area contributed by atoms with Crippen molar-refractivity contribution in [2.24, 2.45) is 11.7 Å². The van der Waals surface area contributed by atoms with E-state index >= 15 is 0 Å². The molecule has 2 unspecified atom stereocenters. The summed E-state index contributed by atoms with van der Waals surface area (Å²) in [5.74, 6) is -3.47. The normalized spacial score (nSPS) is 26.3. The van der Waals surface area contributed by atoms with Crippen LogP contribution in [-0.4, -0.2) is 52.4 Å². The van der Waals surface area contributed by atoms with E-state index in [4.69, 9.17) is 5.73 Å². The van der Waals surface area contributed by atoms with Crippen molar-refractivity contribution in [3.05, 3.63) is 35.1 Å². The summed E-state index contributed by atoms with van der Waals surface area (Å²) in [5.41, 5.74) is 5.48. The number of sulfonamides is 1. The SMILES string of the molecule is CC(C)(C)[S@+]([O-])N[C@@H](Cc1cc(F)c(F)cc1F)C1CC2CCC(C1)N2S(=O)(=O)CCN. The second-order valence-electron chi connectivity index (χ2n) is 9.72.